The highest BCUT2D eigenvalue weighted by Crippen LogP contribution is 2.36. The van der Waals surface area contributed by atoms with E-state index in [4.69, 9.17) is 0 Å². The Morgan fingerprint density at radius 1 is 1.08 bits per heavy atom. The first-order chi connectivity index (χ1) is 18.2. The molecule has 2 aliphatic rings. The third-order valence-electron chi connectivity index (χ3n) is 7.30. The van der Waals surface area contributed by atoms with Crippen molar-refractivity contribution in [3.63, 3.8) is 0 Å². The Hall–Kier alpha value is -3.59. The van der Waals surface area contributed by atoms with Crippen LogP contribution in [0.4, 0.5) is 4.39 Å². The molecule has 2 unspecified atom stereocenters. The van der Waals surface area contributed by atoms with Crippen LogP contribution in [0.15, 0.2) is 42.5 Å². The van der Waals surface area contributed by atoms with Gasteiger partial charge < -0.3 is 20.4 Å². The minimum absolute atomic E-state index is 0.0897. The monoisotopic (exact) mass is 522 g/mol. The van der Waals surface area contributed by atoms with Crippen LogP contribution >= 0.6 is 0 Å². The molecule has 2 saturated heterocycles. The number of ketones is 1. The van der Waals surface area contributed by atoms with Gasteiger partial charge in [0.25, 0.3) is 0 Å². The summed E-state index contributed by atoms with van der Waals surface area (Å²) in [7, 11) is 0. The molecule has 2 atom stereocenters. The second-order valence-corrected chi connectivity index (χ2v) is 10.3. The molecule has 8 nitrogen and oxygen atoms in total. The highest BCUT2D eigenvalue weighted by Gasteiger charge is 2.34. The van der Waals surface area contributed by atoms with Gasteiger partial charge in [0.1, 0.15) is 11.9 Å². The van der Waals surface area contributed by atoms with Crippen molar-refractivity contribution in [2.45, 2.75) is 51.6 Å². The van der Waals surface area contributed by atoms with Crippen LogP contribution in [-0.2, 0) is 19.2 Å². The zero-order valence-electron chi connectivity index (χ0n) is 22.1. The van der Waals surface area contributed by atoms with Crippen LogP contribution in [0.3, 0.4) is 0 Å². The Morgan fingerprint density at radius 3 is 2.39 bits per heavy atom. The van der Waals surface area contributed by atoms with E-state index >= 15 is 4.39 Å². The molecule has 4 rings (SSSR count). The summed E-state index contributed by atoms with van der Waals surface area (Å²) in [5.41, 5.74) is 1.73. The summed E-state index contributed by atoms with van der Waals surface area (Å²) < 4.78 is 16.0. The van der Waals surface area contributed by atoms with Crippen molar-refractivity contribution in [1.82, 2.24) is 20.4 Å². The fourth-order valence-electron chi connectivity index (χ4n) is 5.10. The van der Waals surface area contributed by atoms with Crippen LogP contribution in [0.25, 0.3) is 11.1 Å². The Balaban J connectivity index is 1.72. The van der Waals surface area contributed by atoms with E-state index in [1.165, 1.54) is 16.7 Å². The topological polar surface area (TPSA) is 98.8 Å². The molecule has 0 spiro atoms. The van der Waals surface area contributed by atoms with E-state index in [1.54, 1.807) is 36.4 Å². The summed E-state index contributed by atoms with van der Waals surface area (Å²) in [6.07, 6.45) is 1.49. The van der Waals surface area contributed by atoms with Gasteiger partial charge in [0.05, 0.1) is 19.1 Å². The summed E-state index contributed by atoms with van der Waals surface area (Å²) in [6.45, 7) is 6.08. The number of carbonyl (C=O) groups is 4. The van der Waals surface area contributed by atoms with Gasteiger partial charge in [-0.2, -0.15) is 0 Å². The van der Waals surface area contributed by atoms with Gasteiger partial charge in [-0.3, -0.25) is 19.2 Å². The Bertz CT molecular complexity index is 1210. The molecule has 0 bridgehead atoms. The molecule has 0 aliphatic carbocycles. The fourth-order valence-corrected chi connectivity index (χ4v) is 5.10. The summed E-state index contributed by atoms with van der Waals surface area (Å²) >= 11 is 0. The molecule has 0 radical (unpaired) electrons. The van der Waals surface area contributed by atoms with E-state index in [2.05, 4.69) is 10.6 Å². The number of nitrogens with one attached hydrogen (secondary N) is 2. The number of piperazine rings is 1. The van der Waals surface area contributed by atoms with Gasteiger partial charge in [0.15, 0.2) is 5.78 Å². The molecule has 2 fully saturated rings. The number of hydrogen-bond donors (Lipinski definition) is 2. The number of nitrogens with zero attached hydrogens (tertiary/aromatic N) is 2. The van der Waals surface area contributed by atoms with Crippen molar-refractivity contribution in [3.8, 4) is 11.1 Å². The average Bonchev–Trinajstić information content (AvgIpc) is 3.43. The second-order valence-electron chi connectivity index (χ2n) is 10.3. The molecule has 3 amide bonds. The summed E-state index contributed by atoms with van der Waals surface area (Å²) in [5, 5.41) is 6.01. The van der Waals surface area contributed by atoms with E-state index in [-0.39, 0.29) is 48.8 Å². The van der Waals surface area contributed by atoms with Crippen molar-refractivity contribution in [2.24, 2.45) is 0 Å². The predicted molar refractivity (Wildman–Crippen MR) is 142 cm³/mol. The third-order valence-corrected chi connectivity index (χ3v) is 7.30. The lowest BCUT2D eigenvalue weighted by Gasteiger charge is -2.34. The van der Waals surface area contributed by atoms with Crippen LogP contribution in [0.1, 0.15) is 56.7 Å². The number of carbonyl (C=O) groups excluding carboxylic acids is 4. The largest absolute Gasteiger partial charge is 0.341 e. The summed E-state index contributed by atoms with van der Waals surface area (Å²) in [4.78, 5) is 54.2. The quantitative estimate of drug-likeness (QED) is 0.556. The number of halogens is 1. The maximum Gasteiger partial charge on any atom is 0.242 e. The zero-order chi connectivity index (χ0) is 27.4. The van der Waals surface area contributed by atoms with E-state index in [9.17, 15) is 19.2 Å². The molecular formula is C29H35FN4O4. The molecule has 2 heterocycles. The number of benzene rings is 2. The van der Waals surface area contributed by atoms with Crippen molar-refractivity contribution in [2.75, 3.05) is 32.7 Å². The molecule has 0 saturated carbocycles. The Morgan fingerprint density at radius 2 is 1.79 bits per heavy atom. The van der Waals surface area contributed by atoms with Crippen LogP contribution in [-0.4, -0.2) is 72.1 Å². The van der Waals surface area contributed by atoms with Crippen molar-refractivity contribution >= 4 is 23.5 Å². The minimum Gasteiger partial charge on any atom is -0.341 e. The minimum atomic E-state index is -1.16. The van der Waals surface area contributed by atoms with Gasteiger partial charge in [0, 0.05) is 25.6 Å². The zero-order valence-corrected chi connectivity index (χ0v) is 22.1. The van der Waals surface area contributed by atoms with Gasteiger partial charge in [-0.1, -0.05) is 56.3 Å². The summed E-state index contributed by atoms with van der Waals surface area (Å²) in [6, 6.07) is 10.8. The normalized spacial score (nSPS) is 18.6. The lowest BCUT2D eigenvalue weighted by molar-refractivity contribution is -0.146. The van der Waals surface area contributed by atoms with E-state index in [0.717, 1.165) is 6.42 Å². The molecule has 38 heavy (non-hydrogen) atoms. The highest BCUT2D eigenvalue weighted by molar-refractivity contribution is 5.97. The predicted octanol–water partition coefficient (Wildman–Crippen LogP) is 2.79. The molecule has 9 heteroatoms. The lowest BCUT2D eigenvalue weighted by Crippen LogP contribution is -2.54. The van der Waals surface area contributed by atoms with E-state index < -0.39 is 23.7 Å². The molecule has 0 aromatic heterocycles. The number of rotatable bonds is 8. The standard InChI is InChI=1S/C29H35FN4O4/c1-18(2)21-11-12-22(26(27(21)30)20-8-5-4-6-9-20)28(32-29(38)23-10-7-13-31-23)24(36)16-34-15-14-33(19(3)35)17-25(34)37/h4-6,8-9,11-12,18,23,28,31H,7,10,13-17H2,1-3H3,(H,32,38). The van der Waals surface area contributed by atoms with Crippen molar-refractivity contribution in [3.05, 3.63) is 59.4 Å². The van der Waals surface area contributed by atoms with Crippen molar-refractivity contribution < 1.29 is 23.6 Å². The van der Waals surface area contributed by atoms with Crippen LogP contribution in [0.2, 0.25) is 0 Å². The molecule has 202 valence electrons. The first-order valence-electron chi connectivity index (χ1n) is 13.1. The Labute approximate surface area is 222 Å². The maximum atomic E-state index is 16.0. The second kappa shape index (κ2) is 11.9. The first-order valence-corrected chi connectivity index (χ1v) is 13.1. The molecule has 2 aromatic rings. The lowest BCUT2D eigenvalue weighted by atomic mass is 9.87. The SMILES string of the molecule is CC(=O)N1CCN(CC(=O)C(NC(=O)C2CCCN2)c2ccc(C(C)C)c(F)c2-c2ccccc2)C(=O)C1. The van der Waals surface area contributed by atoms with Crippen molar-refractivity contribution in [1.29, 1.82) is 0 Å². The van der Waals surface area contributed by atoms with Gasteiger partial charge in [-0.25, -0.2) is 4.39 Å². The third kappa shape index (κ3) is 5.93. The van der Waals surface area contributed by atoms with Crippen LogP contribution in [0, 0.1) is 5.82 Å². The van der Waals surface area contributed by atoms with E-state index in [0.29, 0.717) is 36.2 Å². The van der Waals surface area contributed by atoms with Crippen LogP contribution in [0.5, 0.6) is 0 Å². The smallest absolute Gasteiger partial charge is 0.242 e. The highest BCUT2D eigenvalue weighted by atomic mass is 19.1. The van der Waals surface area contributed by atoms with Gasteiger partial charge in [0.2, 0.25) is 17.7 Å². The van der Waals surface area contributed by atoms with Gasteiger partial charge >= 0.3 is 0 Å². The fraction of sp³-hybridized carbons (Fsp3) is 0.448. The van der Waals surface area contributed by atoms with E-state index in [1.807, 2.05) is 19.9 Å². The van der Waals surface area contributed by atoms with Gasteiger partial charge in [-0.15, -0.1) is 0 Å². The first kappa shape index (κ1) is 27.4. The Kier molecular flexibility index (Phi) is 8.56. The van der Waals surface area contributed by atoms with Crippen LogP contribution < -0.4 is 10.6 Å². The molecule has 2 N–H and O–H groups in total. The maximum absolute atomic E-state index is 16.0. The van der Waals surface area contributed by atoms with Gasteiger partial charge in [-0.05, 0) is 42.0 Å². The number of amides is 3. The summed E-state index contributed by atoms with van der Waals surface area (Å²) in [5.74, 6) is -1.82. The number of hydrogen-bond acceptors (Lipinski definition) is 5. The average molecular weight is 523 g/mol. The molecular weight excluding hydrogens is 487 g/mol. The molecule has 2 aliphatic heterocycles. The molecule has 2 aromatic carbocycles. The number of Topliss-reactive ketones (excluding diaryl/α,β-unsaturated/α-hetero) is 1.